The van der Waals surface area contributed by atoms with Gasteiger partial charge in [0.05, 0.1) is 23.6 Å². The van der Waals surface area contributed by atoms with E-state index in [-0.39, 0.29) is 57.8 Å². The standard InChI is InChI=1S/C43H65N3O6/c1-25(2)35-29(47)21-43(32(48)24-46-26(3)28-23-44-19-20-45-28)18-17-41(9)27(36(35)43)11-12-31-40(8)15-14-33(52-34(49)22-38(4,5)37(50)51)39(6,7)30(40)13-16-42(31,41)10/h19-20,23,25-27,30-33,46,48H,11-18,21-22,24H2,1-10H3,(H,50,51)/t26-,27-,30+,31-,32?,33+,40+,41-,42-,43?/m1/s1. The Kier molecular flexibility index (Phi) is 9.97. The van der Waals surface area contributed by atoms with Crippen molar-refractivity contribution in [2.45, 2.75) is 152 Å². The number of nitrogens with zero attached hydrogens (tertiary/aromatic N) is 2. The fraction of sp³-hybridized carbons (Fsp3) is 0.791. The molecule has 1 aromatic rings. The van der Waals surface area contributed by atoms with E-state index in [1.54, 1.807) is 32.4 Å². The van der Waals surface area contributed by atoms with Crippen molar-refractivity contribution >= 4 is 17.7 Å². The number of hydrogen-bond acceptors (Lipinski definition) is 8. The van der Waals surface area contributed by atoms with Crippen LogP contribution in [0.25, 0.3) is 0 Å². The maximum Gasteiger partial charge on any atom is 0.309 e. The van der Waals surface area contributed by atoms with E-state index >= 15 is 0 Å². The van der Waals surface area contributed by atoms with Gasteiger partial charge in [0.1, 0.15) is 6.10 Å². The van der Waals surface area contributed by atoms with Gasteiger partial charge in [-0.1, -0.05) is 54.0 Å². The molecular formula is C43H65N3O6. The van der Waals surface area contributed by atoms with Crippen molar-refractivity contribution < 1.29 is 29.3 Å². The summed E-state index contributed by atoms with van der Waals surface area (Å²) < 4.78 is 6.16. The molecule has 2 unspecified atom stereocenters. The molecule has 1 aromatic heterocycles. The van der Waals surface area contributed by atoms with E-state index in [9.17, 15) is 24.6 Å². The van der Waals surface area contributed by atoms with Crippen molar-refractivity contribution in [2.24, 2.45) is 56.2 Å². The van der Waals surface area contributed by atoms with Crippen LogP contribution in [0.5, 0.6) is 0 Å². The van der Waals surface area contributed by atoms with E-state index in [0.29, 0.717) is 24.8 Å². The molecule has 0 bridgehead atoms. The fourth-order valence-corrected chi connectivity index (χ4v) is 13.0. The Bertz CT molecular complexity index is 1600. The summed E-state index contributed by atoms with van der Waals surface area (Å²) in [6.07, 6.45) is 12.2. The number of rotatable bonds is 10. The van der Waals surface area contributed by atoms with Gasteiger partial charge in [-0.25, -0.2) is 0 Å². The molecule has 0 aromatic carbocycles. The summed E-state index contributed by atoms with van der Waals surface area (Å²) in [5.41, 5.74) is 1.19. The van der Waals surface area contributed by atoms with Crippen LogP contribution in [0.4, 0.5) is 0 Å². The van der Waals surface area contributed by atoms with E-state index in [4.69, 9.17) is 4.74 Å². The minimum Gasteiger partial charge on any atom is -0.481 e. The van der Waals surface area contributed by atoms with Crippen LogP contribution in [-0.4, -0.2) is 56.7 Å². The highest BCUT2D eigenvalue weighted by Crippen LogP contribution is 2.77. The predicted molar refractivity (Wildman–Crippen MR) is 200 cm³/mol. The largest absolute Gasteiger partial charge is 0.481 e. The van der Waals surface area contributed by atoms with Crippen molar-refractivity contribution in [3.63, 3.8) is 0 Å². The molecule has 0 saturated heterocycles. The highest BCUT2D eigenvalue weighted by Gasteiger charge is 2.70. The first-order valence-electron chi connectivity index (χ1n) is 20.0. The molecule has 6 rings (SSSR count). The second-order valence-corrected chi connectivity index (χ2v) is 19.8. The number of esters is 1. The lowest BCUT2D eigenvalue weighted by atomic mass is 9.33. The molecule has 3 N–H and O–H groups in total. The van der Waals surface area contributed by atoms with Gasteiger partial charge in [-0.2, -0.15) is 0 Å². The lowest BCUT2D eigenvalue weighted by Crippen LogP contribution is -2.66. The molecule has 288 valence electrons. The first-order valence-corrected chi connectivity index (χ1v) is 20.0. The number of aliphatic hydroxyl groups excluding tert-OH is 1. The summed E-state index contributed by atoms with van der Waals surface area (Å²) in [7, 11) is 0. The van der Waals surface area contributed by atoms with Gasteiger partial charge in [-0.3, -0.25) is 24.4 Å². The van der Waals surface area contributed by atoms with Gasteiger partial charge in [0.15, 0.2) is 5.78 Å². The Morgan fingerprint density at radius 3 is 2.31 bits per heavy atom. The minimum atomic E-state index is -1.17. The third-order valence-corrected chi connectivity index (χ3v) is 16.1. The monoisotopic (exact) mass is 719 g/mol. The van der Waals surface area contributed by atoms with Gasteiger partial charge in [0.25, 0.3) is 0 Å². The molecule has 1 heterocycles. The Balaban J connectivity index is 1.27. The Morgan fingerprint density at radius 2 is 1.67 bits per heavy atom. The SMILES string of the molecule is CC(C)C1=C2[C@H]3CC[C@@H]4[C@@]5(C)CC[C@H](OC(=O)CC(C)(C)C(=O)O)C(C)(C)[C@@H]5CC[C@@]4(C)[C@]3(C)CCC2(C(O)CN[C@H](C)c2cnccn2)CC1=O. The number of aromatic nitrogens is 2. The quantitative estimate of drug-likeness (QED) is 0.206. The third kappa shape index (κ3) is 5.90. The lowest BCUT2D eigenvalue weighted by Gasteiger charge is -2.72. The van der Waals surface area contributed by atoms with Crippen LogP contribution in [0.15, 0.2) is 29.7 Å². The molecule has 5 aliphatic carbocycles. The smallest absolute Gasteiger partial charge is 0.309 e. The highest BCUT2D eigenvalue weighted by atomic mass is 16.5. The molecule has 4 fully saturated rings. The molecule has 5 aliphatic rings. The number of Topliss-reactive ketones (excluding diaryl/α,β-unsaturated/α-hetero) is 1. The molecule has 9 heteroatoms. The summed E-state index contributed by atoms with van der Waals surface area (Å²) in [5.74, 6) is -0.0102. The third-order valence-electron chi connectivity index (χ3n) is 16.1. The summed E-state index contributed by atoms with van der Waals surface area (Å²) in [5, 5.41) is 25.3. The summed E-state index contributed by atoms with van der Waals surface area (Å²) in [6.45, 7) is 22.0. The first-order chi connectivity index (χ1) is 24.2. The van der Waals surface area contributed by atoms with Gasteiger partial charge in [-0.15, -0.1) is 0 Å². The van der Waals surface area contributed by atoms with Crippen molar-refractivity contribution in [2.75, 3.05) is 6.54 Å². The van der Waals surface area contributed by atoms with E-state index in [2.05, 4.69) is 63.8 Å². The molecule has 0 aliphatic heterocycles. The molecule has 52 heavy (non-hydrogen) atoms. The lowest BCUT2D eigenvalue weighted by molar-refractivity contribution is -0.235. The van der Waals surface area contributed by atoms with Crippen LogP contribution in [0.1, 0.15) is 145 Å². The van der Waals surface area contributed by atoms with Gasteiger partial charge in [-0.05, 0) is 118 Å². The Morgan fingerprint density at radius 1 is 0.962 bits per heavy atom. The molecule has 9 nitrogen and oxygen atoms in total. The second-order valence-electron chi connectivity index (χ2n) is 19.8. The zero-order valence-corrected chi connectivity index (χ0v) is 33.5. The number of carbonyl (C=O) groups is 3. The molecule has 10 atom stereocenters. The number of aliphatic hydroxyl groups is 1. The number of ketones is 1. The number of carboxylic acid groups (broad SMARTS) is 1. The number of hydrogen-bond donors (Lipinski definition) is 3. The number of nitrogens with one attached hydrogen (secondary N) is 1. The zero-order valence-electron chi connectivity index (χ0n) is 33.5. The van der Waals surface area contributed by atoms with E-state index < -0.39 is 28.9 Å². The van der Waals surface area contributed by atoms with Crippen molar-refractivity contribution in [3.8, 4) is 0 Å². The topological polar surface area (TPSA) is 139 Å². The minimum absolute atomic E-state index is 0.0244. The average Bonchev–Trinajstić information content (AvgIpc) is 3.38. The van der Waals surface area contributed by atoms with Crippen LogP contribution in [0.2, 0.25) is 0 Å². The summed E-state index contributed by atoms with van der Waals surface area (Å²) in [4.78, 5) is 47.6. The van der Waals surface area contributed by atoms with Gasteiger partial charge in [0, 0.05) is 48.4 Å². The zero-order chi connectivity index (χ0) is 38.2. The van der Waals surface area contributed by atoms with E-state index in [1.807, 2.05) is 6.92 Å². The Hall–Kier alpha value is -2.65. The fourth-order valence-electron chi connectivity index (χ4n) is 13.0. The van der Waals surface area contributed by atoms with Crippen LogP contribution in [-0.2, 0) is 19.1 Å². The first kappa shape index (κ1) is 39.1. The maximum absolute atomic E-state index is 14.0. The van der Waals surface area contributed by atoms with E-state index in [1.165, 1.54) is 5.57 Å². The van der Waals surface area contributed by atoms with Crippen LogP contribution >= 0.6 is 0 Å². The molecule has 0 radical (unpaired) electrons. The normalized spacial score (nSPS) is 38.1. The van der Waals surface area contributed by atoms with Crippen LogP contribution in [0, 0.1) is 56.2 Å². The molecular weight excluding hydrogens is 654 g/mol. The highest BCUT2D eigenvalue weighted by molar-refractivity contribution is 6.00. The van der Waals surface area contributed by atoms with E-state index in [0.717, 1.165) is 62.6 Å². The number of allylic oxidation sites excluding steroid dienone is 1. The number of fused-ring (bicyclic) bond motifs is 7. The predicted octanol–water partition coefficient (Wildman–Crippen LogP) is 7.88. The number of ether oxygens (including phenoxy) is 1. The van der Waals surface area contributed by atoms with Gasteiger partial charge >= 0.3 is 11.9 Å². The number of aliphatic carboxylic acids is 1. The van der Waals surface area contributed by atoms with Crippen molar-refractivity contribution in [3.05, 3.63) is 35.4 Å². The average molecular weight is 720 g/mol. The van der Waals surface area contributed by atoms with Crippen molar-refractivity contribution in [1.82, 2.24) is 15.3 Å². The van der Waals surface area contributed by atoms with Crippen molar-refractivity contribution in [1.29, 1.82) is 0 Å². The van der Waals surface area contributed by atoms with Crippen LogP contribution in [0.3, 0.4) is 0 Å². The molecule has 0 amide bonds. The van der Waals surface area contributed by atoms with Crippen LogP contribution < -0.4 is 5.32 Å². The summed E-state index contributed by atoms with van der Waals surface area (Å²) >= 11 is 0. The number of carbonyl (C=O) groups excluding carboxylic acids is 2. The van der Waals surface area contributed by atoms with Gasteiger partial charge < -0.3 is 20.3 Å². The number of carboxylic acids is 1. The second kappa shape index (κ2) is 13.3. The Labute approximate surface area is 311 Å². The van der Waals surface area contributed by atoms with Gasteiger partial charge in [0.2, 0.25) is 0 Å². The summed E-state index contributed by atoms with van der Waals surface area (Å²) in [6, 6.07) is -0.0764. The molecule has 0 spiro atoms. The maximum atomic E-state index is 14.0. The molecule has 4 saturated carbocycles.